The third-order valence-electron chi connectivity index (χ3n) is 2.77. The number of carbonyl (C=O) groups excluding carboxylic acids is 2. The predicted molar refractivity (Wildman–Crippen MR) is 66.1 cm³/mol. The van der Waals surface area contributed by atoms with Gasteiger partial charge in [-0.1, -0.05) is 6.07 Å². The second kappa shape index (κ2) is 6.17. The smallest absolute Gasteiger partial charge is 0.260 e. The molecule has 0 atom stereocenters. The van der Waals surface area contributed by atoms with E-state index in [0.29, 0.717) is 18.8 Å². The average molecular weight is 266 g/mol. The molecule has 0 unspecified atom stereocenters. The number of nitrogens with zero attached hydrogens (tertiary/aromatic N) is 1. The van der Waals surface area contributed by atoms with E-state index in [-0.39, 0.29) is 25.0 Å². The van der Waals surface area contributed by atoms with Crippen molar-refractivity contribution < 1.29 is 18.7 Å². The van der Waals surface area contributed by atoms with Gasteiger partial charge in [0.25, 0.3) is 5.91 Å². The zero-order valence-corrected chi connectivity index (χ0v) is 10.4. The molecule has 6 heteroatoms. The summed E-state index contributed by atoms with van der Waals surface area (Å²) in [6.45, 7) is 0.944. The topological polar surface area (TPSA) is 58.6 Å². The zero-order chi connectivity index (χ0) is 13.7. The van der Waals surface area contributed by atoms with Gasteiger partial charge in [-0.3, -0.25) is 9.59 Å². The first kappa shape index (κ1) is 13.3. The van der Waals surface area contributed by atoms with Crippen LogP contribution in [0, 0.1) is 5.82 Å². The largest absolute Gasteiger partial charge is 0.484 e. The zero-order valence-electron chi connectivity index (χ0n) is 10.4. The molecule has 1 aromatic carbocycles. The van der Waals surface area contributed by atoms with E-state index in [1.807, 2.05) is 0 Å². The van der Waals surface area contributed by atoms with Crippen LogP contribution in [-0.2, 0) is 9.59 Å². The van der Waals surface area contributed by atoms with Gasteiger partial charge in [-0.2, -0.15) is 0 Å². The number of amides is 2. The molecular formula is C13H15FN2O3. The molecule has 0 aromatic heterocycles. The summed E-state index contributed by atoms with van der Waals surface area (Å²) in [5, 5.41) is 2.69. The summed E-state index contributed by atoms with van der Waals surface area (Å²) in [6.07, 6.45) is 0.720. The maximum atomic E-state index is 12.9. The number of rotatable bonds is 3. The van der Waals surface area contributed by atoms with Crippen LogP contribution < -0.4 is 10.1 Å². The molecule has 19 heavy (non-hydrogen) atoms. The van der Waals surface area contributed by atoms with E-state index in [1.165, 1.54) is 23.1 Å². The van der Waals surface area contributed by atoms with Gasteiger partial charge in [-0.25, -0.2) is 4.39 Å². The van der Waals surface area contributed by atoms with E-state index >= 15 is 0 Å². The molecule has 0 radical (unpaired) electrons. The molecule has 0 spiro atoms. The average Bonchev–Trinajstić information content (AvgIpc) is 2.61. The molecular weight excluding hydrogens is 251 g/mol. The first-order chi connectivity index (χ1) is 9.15. The monoisotopic (exact) mass is 266 g/mol. The van der Waals surface area contributed by atoms with Crippen molar-refractivity contribution in [3.63, 3.8) is 0 Å². The van der Waals surface area contributed by atoms with E-state index < -0.39 is 5.82 Å². The third-order valence-corrected chi connectivity index (χ3v) is 2.77. The minimum atomic E-state index is -0.418. The molecule has 0 bridgehead atoms. The highest BCUT2D eigenvalue weighted by atomic mass is 19.1. The molecule has 0 saturated carbocycles. The molecule has 1 fully saturated rings. The van der Waals surface area contributed by atoms with E-state index in [0.717, 1.165) is 6.42 Å². The Bertz CT molecular complexity index is 479. The van der Waals surface area contributed by atoms with E-state index in [2.05, 4.69) is 5.32 Å². The van der Waals surface area contributed by atoms with Crippen molar-refractivity contribution in [2.75, 3.05) is 26.2 Å². The Morgan fingerprint density at radius 1 is 1.47 bits per heavy atom. The molecule has 1 aliphatic rings. The van der Waals surface area contributed by atoms with Crippen molar-refractivity contribution in [2.24, 2.45) is 0 Å². The van der Waals surface area contributed by atoms with Crippen molar-refractivity contribution in [1.82, 2.24) is 10.2 Å². The van der Waals surface area contributed by atoms with E-state index in [4.69, 9.17) is 4.74 Å². The van der Waals surface area contributed by atoms with Gasteiger partial charge in [0.15, 0.2) is 6.61 Å². The Hall–Kier alpha value is -2.11. The first-order valence-electron chi connectivity index (χ1n) is 6.08. The fourth-order valence-electron chi connectivity index (χ4n) is 1.81. The lowest BCUT2D eigenvalue weighted by atomic mass is 10.3. The van der Waals surface area contributed by atoms with Crippen molar-refractivity contribution in [2.45, 2.75) is 6.42 Å². The molecule has 5 nitrogen and oxygen atoms in total. The molecule has 1 heterocycles. The van der Waals surface area contributed by atoms with Crippen molar-refractivity contribution in [3.8, 4) is 5.75 Å². The number of carbonyl (C=O) groups is 2. The number of nitrogens with one attached hydrogen (secondary N) is 1. The molecule has 0 aliphatic carbocycles. The Morgan fingerprint density at radius 3 is 3.11 bits per heavy atom. The van der Waals surface area contributed by atoms with E-state index in [9.17, 15) is 14.0 Å². The maximum Gasteiger partial charge on any atom is 0.260 e. The maximum absolute atomic E-state index is 12.9. The number of benzene rings is 1. The van der Waals surface area contributed by atoms with Crippen LogP contribution in [0.15, 0.2) is 24.3 Å². The summed E-state index contributed by atoms with van der Waals surface area (Å²) >= 11 is 0. The second-order valence-electron chi connectivity index (χ2n) is 4.26. The van der Waals surface area contributed by atoms with Crippen molar-refractivity contribution in [1.29, 1.82) is 0 Å². The summed E-state index contributed by atoms with van der Waals surface area (Å²) in [7, 11) is 0. The summed E-state index contributed by atoms with van der Waals surface area (Å²) in [6, 6.07) is 5.59. The summed E-state index contributed by atoms with van der Waals surface area (Å²) in [4.78, 5) is 24.6. The van der Waals surface area contributed by atoms with Crippen LogP contribution in [0.2, 0.25) is 0 Å². The summed E-state index contributed by atoms with van der Waals surface area (Å²) in [5.41, 5.74) is 0. The highest BCUT2D eigenvalue weighted by Gasteiger charge is 2.19. The third kappa shape index (κ3) is 3.94. The van der Waals surface area contributed by atoms with E-state index in [1.54, 1.807) is 6.07 Å². The van der Waals surface area contributed by atoms with Gasteiger partial charge in [0.1, 0.15) is 11.6 Å². The molecule has 1 saturated heterocycles. The van der Waals surface area contributed by atoms with Crippen LogP contribution in [0.4, 0.5) is 4.39 Å². The van der Waals surface area contributed by atoms with Crippen LogP contribution in [-0.4, -0.2) is 43.0 Å². The van der Waals surface area contributed by atoms with Gasteiger partial charge >= 0.3 is 0 Å². The number of hydrogen-bond acceptors (Lipinski definition) is 3. The second-order valence-corrected chi connectivity index (χ2v) is 4.26. The standard InChI is InChI=1S/C13H15FN2O3/c14-10-3-1-4-11(7-10)19-9-13(18)16-6-2-5-15-12(17)8-16/h1,3-4,7H,2,5-6,8-9H2,(H,15,17). The van der Waals surface area contributed by atoms with Gasteiger partial charge in [0.05, 0.1) is 6.54 Å². The fraction of sp³-hybridized carbons (Fsp3) is 0.385. The minimum absolute atomic E-state index is 0.0470. The summed E-state index contributed by atoms with van der Waals surface area (Å²) in [5.74, 6) is -0.565. The quantitative estimate of drug-likeness (QED) is 0.869. The van der Waals surface area contributed by atoms with Crippen LogP contribution in [0.3, 0.4) is 0 Å². The highest BCUT2D eigenvalue weighted by Crippen LogP contribution is 2.12. The van der Waals surface area contributed by atoms with Gasteiger partial charge in [-0.05, 0) is 18.6 Å². The molecule has 1 N–H and O–H groups in total. The van der Waals surface area contributed by atoms with Gasteiger partial charge < -0.3 is 15.0 Å². The molecule has 2 amide bonds. The fourth-order valence-corrected chi connectivity index (χ4v) is 1.81. The SMILES string of the molecule is O=C1CN(C(=O)COc2cccc(F)c2)CCCN1. The number of ether oxygens (including phenoxy) is 1. The number of halogens is 1. The lowest BCUT2D eigenvalue weighted by molar-refractivity contribution is -0.136. The highest BCUT2D eigenvalue weighted by molar-refractivity contribution is 5.85. The van der Waals surface area contributed by atoms with Gasteiger partial charge in [0, 0.05) is 19.2 Å². The molecule has 1 aliphatic heterocycles. The molecule has 1 aromatic rings. The lowest BCUT2D eigenvalue weighted by Gasteiger charge is -2.19. The lowest BCUT2D eigenvalue weighted by Crippen LogP contribution is -2.39. The van der Waals surface area contributed by atoms with Crippen LogP contribution >= 0.6 is 0 Å². The van der Waals surface area contributed by atoms with Crippen LogP contribution in [0.1, 0.15) is 6.42 Å². The van der Waals surface area contributed by atoms with Crippen LogP contribution in [0.25, 0.3) is 0 Å². The summed E-state index contributed by atoms with van der Waals surface area (Å²) < 4.78 is 18.1. The number of hydrogen-bond donors (Lipinski definition) is 1. The Balaban J connectivity index is 1.88. The molecule has 2 rings (SSSR count). The Labute approximate surface area is 110 Å². The van der Waals surface area contributed by atoms with Crippen molar-refractivity contribution >= 4 is 11.8 Å². The normalized spacial score (nSPS) is 15.6. The Morgan fingerprint density at radius 2 is 2.32 bits per heavy atom. The Kier molecular flexibility index (Phi) is 4.33. The van der Waals surface area contributed by atoms with Gasteiger partial charge in [-0.15, -0.1) is 0 Å². The molecule has 102 valence electrons. The van der Waals surface area contributed by atoms with Crippen LogP contribution in [0.5, 0.6) is 5.75 Å². The predicted octanol–water partition coefficient (Wildman–Crippen LogP) is 0.553. The van der Waals surface area contributed by atoms with Gasteiger partial charge in [0.2, 0.25) is 5.91 Å². The first-order valence-corrected chi connectivity index (χ1v) is 6.08. The minimum Gasteiger partial charge on any atom is -0.484 e. The van der Waals surface area contributed by atoms with Crippen molar-refractivity contribution in [3.05, 3.63) is 30.1 Å².